The van der Waals surface area contributed by atoms with Crippen LogP contribution in [0.4, 0.5) is 4.79 Å². The molecule has 2 aliphatic rings. The Hall–Kier alpha value is -1.26. The lowest BCUT2D eigenvalue weighted by Gasteiger charge is -2.29. The molecule has 3 atom stereocenters. The molecule has 0 spiro atoms. The molecule has 0 aromatic rings. The number of carbonyl (C=O) groups excluding carboxylic acids is 2. The van der Waals surface area contributed by atoms with Crippen LogP contribution in [0.2, 0.25) is 0 Å². The first-order valence-corrected chi connectivity index (χ1v) is 8.09. The molecule has 1 saturated carbocycles. The number of hydrogen-bond acceptors (Lipinski definition) is 4. The molecule has 1 amide bonds. The molecular formula is C16H29NO4. The second-order valence-corrected chi connectivity index (χ2v) is 6.07. The van der Waals surface area contributed by atoms with Crippen molar-refractivity contribution in [2.24, 2.45) is 5.92 Å². The standard InChI is InChI=1S/C13H21NO4.C3H8/c1-9-4-3-5-10(8-9)18-13(16)14(2)11-6-7-17-12(11)15;1-3-2/h9-11H,3-8H2,1-2H3;3H2,1-2H3/t9-,10+,11+;/m1./s1. The Kier molecular flexibility index (Phi) is 7.54. The highest BCUT2D eigenvalue weighted by Crippen LogP contribution is 2.26. The Labute approximate surface area is 128 Å². The third kappa shape index (κ3) is 5.56. The van der Waals surface area contributed by atoms with Crippen molar-refractivity contribution < 1.29 is 19.1 Å². The van der Waals surface area contributed by atoms with Crippen LogP contribution in [0.1, 0.15) is 59.3 Å². The minimum Gasteiger partial charge on any atom is -0.464 e. The summed E-state index contributed by atoms with van der Waals surface area (Å²) in [4.78, 5) is 24.7. The molecule has 0 aromatic carbocycles. The maximum atomic E-state index is 11.9. The van der Waals surface area contributed by atoms with Crippen LogP contribution in [0.25, 0.3) is 0 Å². The van der Waals surface area contributed by atoms with Crippen LogP contribution in [0.15, 0.2) is 0 Å². The van der Waals surface area contributed by atoms with E-state index in [9.17, 15) is 9.59 Å². The number of likely N-dealkylation sites (N-methyl/N-ethyl adjacent to an activating group) is 1. The van der Waals surface area contributed by atoms with Crippen LogP contribution in [-0.4, -0.2) is 42.8 Å². The fraction of sp³-hybridized carbons (Fsp3) is 0.875. The van der Waals surface area contributed by atoms with Crippen molar-refractivity contribution in [2.45, 2.75) is 71.4 Å². The molecule has 2 rings (SSSR count). The van der Waals surface area contributed by atoms with E-state index in [1.54, 1.807) is 7.05 Å². The summed E-state index contributed by atoms with van der Waals surface area (Å²) < 4.78 is 10.3. The first kappa shape index (κ1) is 17.8. The zero-order chi connectivity index (χ0) is 15.8. The first-order valence-electron chi connectivity index (χ1n) is 8.09. The predicted octanol–water partition coefficient (Wildman–Crippen LogP) is 3.37. The van der Waals surface area contributed by atoms with Crippen molar-refractivity contribution in [1.29, 1.82) is 0 Å². The monoisotopic (exact) mass is 299 g/mol. The third-order valence-electron chi connectivity index (χ3n) is 3.82. The van der Waals surface area contributed by atoms with Gasteiger partial charge in [-0.1, -0.05) is 33.6 Å². The molecule has 122 valence electrons. The van der Waals surface area contributed by atoms with E-state index >= 15 is 0 Å². The van der Waals surface area contributed by atoms with E-state index in [4.69, 9.17) is 9.47 Å². The molecule has 0 aromatic heterocycles. The molecule has 0 radical (unpaired) electrons. The normalized spacial score (nSPS) is 28.2. The van der Waals surface area contributed by atoms with Gasteiger partial charge in [0.1, 0.15) is 12.1 Å². The van der Waals surface area contributed by atoms with E-state index in [1.807, 2.05) is 0 Å². The fourth-order valence-corrected chi connectivity index (χ4v) is 2.68. The number of esters is 1. The van der Waals surface area contributed by atoms with Gasteiger partial charge >= 0.3 is 12.1 Å². The highest BCUT2D eigenvalue weighted by molar-refractivity contribution is 5.82. The van der Waals surface area contributed by atoms with Crippen LogP contribution in [-0.2, 0) is 14.3 Å². The highest BCUT2D eigenvalue weighted by atomic mass is 16.6. The fourth-order valence-electron chi connectivity index (χ4n) is 2.68. The molecule has 0 unspecified atom stereocenters. The van der Waals surface area contributed by atoms with Crippen molar-refractivity contribution in [3.05, 3.63) is 0 Å². The summed E-state index contributed by atoms with van der Waals surface area (Å²) in [5.41, 5.74) is 0. The largest absolute Gasteiger partial charge is 0.464 e. The van der Waals surface area contributed by atoms with Crippen molar-refractivity contribution >= 4 is 12.1 Å². The summed E-state index contributed by atoms with van der Waals surface area (Å²) in [6, 6.07) is -0.474. The molecule has 1 aliphatic carbocycles. The third-order valence-corrected chi connectivity index (χ3v) is 3.82. The molecule has 1 saturated heterocycles. The molecular weight excluding hydrogens is 270 g/mol. The van der Waals surface area contributed by atoms with Gasteiger partial charge in [0, 0.05) is 13.5 Å². The van der Waals surface area contributed by atoms with Crippen molar-refractivity contribution in [2.75, 3.05) is 13.7 Å². The smallest absolute Gasteiger partial charge is 0.410 e. The van der Waals surface area contributed by atoms with E-state index in [1.165, 1.54) is 17.7 Å². The highest BCUT2D eigenvalue weighted by Gasteiger charge is 2.34. The number of ether oxygens (including phenoxy) is 2. The summed E-state index contributed by atoms with van der Waals surface area (Å²) in [5, 5.41) is 0. The molecule has 1 aliphatic heterocycles. The Morgan fingerprint density at radius 3 is 2.52 bits per heavy atom. The van der Waals surface area contributed by atoms with E-state index in [0.29, 0.717) is 18.9 Å². The SMILES string of the molecule is CCC.C[C@@H]1CCC[C@H](OC(=O)N(C)[C@H]2CCOC2=O)C1. The minimum absolute atomic E-state index is 0.00104. The molecule has 2 fully saturated rings. The van der Waals surface area contributed by atoms with Crippen LogP contribution in [0, 0.1) is 5.92 Å². The van der Waals surface area contributed by atoms with Gasteiger partial charge in [-0.15, -0.1) is 0 Å². The van der Waals surface area contributed by atoms with Gasteiger partial charge in [-0.25, -0.2) is 9.59 Å². The lowest BCUT2D eigenvalue weighted by Crippen LogP contribution is -2.42. The van der Waals surface area contributed by atoms with E-state index in [-0.39, 0.29) is 12.1 Å². The number of rotatable bonds is 2. The number of cyclic esters (lactones) is 1. The zero-order valence-electron chi connectivity index (χ0n) is 13.8. The first-order chi connectivity index (χ1) is 9.99. The second kappa shape index (κ2) is 8.90. The maximum absolute atomic E-state index is 11.9. The summed E-state index contributed by atoms with van der Waals surface area (Å²) in [7, 11) is 1.60. The van der Waals surface area contributed by atoms with Crippen molar-refractivity contribution in [3.8, 4) is 0 Å². The van der Waals surface area contributed by atoms with Gasteiger partial charge in [-0.05, 0) is 25.2 Å². The number of hydrogen-bond donors (Lipinski definition) is 0. The van der Waals surface area contributed by atoms with Crippen molar-refractivity contribution in [1.82, 2.24) is 4.90 Å². The Balaban J connectivity index is 0.000000677. The molecule has 0 N–H and O–H groups in total. The predicted molar refractivity (Wildman–Crippen MR) is 81.0 cm³/mol. The topological polar surface area (TPSA) is 55.8 Å². The average molecular weight is 299 g/mol. The van der Waals surface area contributed by atoms with E-state index in [2.05, 4.69) is 20.8 Å². The van der Waals surface area contributed by atoms with E-state index in [0.717, 1.165) is 19.3 Å². The maximum Gasteiger partial charge on any atom is 0.410 e. The molecule has 1 heterocycles. The van der Waals surface area contributed by atoms with Gasteiger partial charge in [0.15, 0.2) is 0 Å². The summed E-state index contributed by atoms with van der Waals surface area (Å²) in [5.74, 6) is 0.282. The molecule has 5 heteroatoms. The molecule has 0 bridgehead atoms. The summed E-state index contributed by atoms with van der Waals surface area (Å²) in [6.45, 7) is 6.82. The van der Waals surface area contributed by atoms with Crippen LogP contribution in [0.5, 0.6) is 0 Å². The quantitative estimate of drug-likeness (QED) is 0.734. The number of nitrogens with zero attached hydrogens (tertiary/aromatic N) is 1. The lowest BCUT2D eigenvalue weighted by atomic mass is 9.89. The Bertz CT molecular complexity index is 345. The lowest BCUT2D eigenvalue weighted by molar-refractivity contribution is -0.141. The Morgan fingerprint density at radius 2 is 2.00 bits per heavy atom. The van der Waals surface area contributed by atoms with Gasteiger partial charge in [0.2, 0.25) is 0 Å². The van der Waals surface area contributed by atoms with Crippen molar-refractivity contribution in [3.63, 3.8) is 0 Å². The van der Waals surface area contributed by atoms with Gasteiger partial charge < -0.3 is 9.47 Å². The zero-order valence-corrected chi connectivity index (χ0v) is 13.8. The van der Waals surface area contributed by atoms with Crippen LogP contribution < -0.4 is 0 Å². The Morgan fingerprint density at radius 1 is 1.33 bits per heavy atom. The van der Waals surface area contributed by atoms with Gasteiger partial charge in [0.05, 0.1) is 6.61 Å². The molecule has 5 nitrogen and oxygen atoms in total. The number of amides is 1. The average Bonchev–Trinajstić information content (AvgIpc) is 2.85. The number of carbonyl (C=O) groups is 2. The van der Waals surface area contributed by atoms with E-state index < -0.39 is 12.1 Å². The summed E-state index contributed by atoms with van der Waals surface area (Å²) in [6.07, 6.45) is 5.57. The van der Waals surface area contributed by atoms with Gasteiger partial charge in [-0.3, -0.25) is 4.90 Å². The van der Waals surface area contributed by atoms with Gasteiger partial charge in [0.25, 0.3) is 0 Å². The van der Waals surface area contributed by atoms with Crippen LogP contribution >= 0.6 is 0 Å². The molecule has 21 heavy (non-hydrogen) atoms. The second-order valence-electron chi connectivity index (χ2n) is 6.07. The summed E-state index contributed by atoms with van der Waals surface area (Å²) >= 11 is 0. The van der Waals surface area contributed by atoms with Gasteiger partial charge in [-0.2, -0.15) is 0 Å². The minimum atomic E-state index is -0.474. The van der Waals surface area contributed by atoms with Crippen LogP contribution in [0.3, 0.4) is 0 Å².